The number of hydrogen-bond acceptors (Lipinski definition) is 2. The number of hydrogen-bond donors (Lipinski definition) is 1. The van der Waals surface area contributed by atoms with Crippen molar-refractivity contribution in [2.24, 2.45) is 17.6 Å². The van der Waals surface area contributed by atoms with Crippen LogP contribution >= 0.6 is 0 Å². The summed E-state index contributed by atoms with van der Waals surface area (Å²) < 4.78 is 0. The molecule has 88 valence electrons. The Morgan fingerprint density at radius 2 is 1.87 bits per heavy atom. The predicted octanol–water partition coefficient (Wildman–Crippen LogP) is 1.62. The van der Waals surface area contributed by atoms with Gasteiger partial charge < -0.3 is 10.6 Å². The van der Waals surface area contributed by atoms with Crippen LogP contribution in [-0.2, 0) is 4.79 Å². The summed E-state index contributed by atoms with van der Waals surface area (Å²) in [6.45, 7) is 4.97. The van der Waals surface area contributed by atoms with E-state index in [1.54, 1.807) is 0 Å². The summed E-state index contributed by atoms with van der Waals surface area (Å²) in [5.41, 5.74) is 5.42. The highest BCUT2D eigenvalue weighted by molar-refractivity contribution is 5.76. The third-order valence-corrected chi connectivity index (χ3v) is 3.68. The van der Waals surface area contributed by atoms with Gasteiger partial charge in [0.25, 0.3) is 0 Å². The minimum atomic E-state index is 0.197. The third kappa shape index (κ3) is 2.94. The van der Waals surface area contributed by atoms with Crippen LogP contribution in [0, 0.1) is 11.8 Å². The highest BCUT2D eigenvalue weighted by atomic mass is 16.2. The molecule has 0 bridgehead atoms. The molecule has 1 aliphatic carbocycles. The molecule has 0 aromatic rings. The van der Waals surface area contributed by atoms with E-state index in [-0.39, 0.29) is 5.91 Å². The van der Waals surface area contributed by atoms with Gasteiger partial charge in [0.15, 0.2) is 0 Å². The molecule has 0 aromatic heterocycles. The molecule has 3 nitrogen and oxygen atoms in total. The molecule has 0 heterocycles. The predicted molar refractivity (Wildman–Crippen MR) is 62.4 cm³/mol. The van der Waals surface area contributed by atoms with Crippen molar-refractivity contribution in [1.29, 1.82) is 0 Å². The summed E-state index contributed by atoms with van der Waals surface area (Å²) in [5, 5.41) is 0. The second kappa shape index (κ2) is 5.50. The fourth-order valence-corrected chi connectivity index (χ4v) is 2.89. The summed E-state index contributed by atoms with van der Waals surface area (Å²) in [7, 11) is 1.93. The minimum absolute atomic E-state index is 0.197. The van der Waals surface area contributed by atoms with Gasteiger partial charge in [-0.2, -0.15) is 0 Å². The first-order chi connectivity index (χ1) is 7.07. The Morgan fingerprint density at radius 3 is 2.33 bits per heavy atom. The molecule has 1 amide bonds. The average Bonchev–Trinajstić information content (AvgIpc) is 2.17. The first-order valence-electron chi connectivity index (χ1n) is 6.03. The maximum atomic E-state index is 11.8. The highest BCUT2D eigenvalue weighted by Crippen LogP contribution is 2.32. The normalized spacial score (nSPS) is 27.7. The van der Waals surface area contributed by atoms with Gasteiger partial charge in [-0.1, -0.05) is 20.3 Å². The van der Waals surface area contributed by atoms with Gasteiger partial charge in [0.1, 0.15) is 0 Å². The van der Waals surface area contributed by atoms with Crippen molar-refractivity contribution >= 4 is 5.91 Å². The van der Waals surface area contributed by atoms with Gasteiger partial charge >= 0.3 is 0 Å². The fraction of sp³-hybridized carbons (Fsp3) is 0.917. The van der Waals surface area contributed by atoms with Crippen LogP contribution in [0.3, 0.4) is 0 Å². The van der Waals surface area contributed by atoms with E-state index in [1.807, 2.05) is 11.9 Å². The molecule has 1 rings (SSSR count). The number of carbonyl (C=O) groups is 1. The van der Waals surface area contributed by atoms with Crippen LogP contribution in [0.1, 0.15) is 39.5 Å². The average molecular weight is 212 g/mol. The zero-order valence-electron chi connectivity index (χ0n) is 10.2. The lowest BCUT2D eigenvalue weighted by molar-refractivity contribution is -0.134. The van der Waals surface area contributed by atoms with Crippen molar-refractivity contribution in [3.8, 4) is 0 Å². The first-order valence-corrected chi connectivity index (χ1v) is 6.03. The Bertz CT molecular complexity index is 208. The van der Waals surface area contributed by atoms with Crippen molar-refractivity contribution in [1.82, 2.24) is 4.90 Å². The van der Waals surface area contributed by atoms with Crippen molar-refractivity contribution in [2.75, 3.05) is 13.6 Å². The van der Waals surface area contributed by atoms with Crippen molar-refractivity contribution in [3.05, 3.63) is 0 Å². The van der Waals surface area contributed by atoms with Crippen LogP contribution in [0.5, 0.6) is 0 Å². The van der Waals surface area contributed by atoms with Gasteiger partial charge in [-0.25, -0.2) is 0 Å². The monoisotopic (exact) mass is 212 g/mol. The van der Waals surface area contributed by atoms with E-state index in [0.717, 1.165) is 0 Å². The lowest BCUT2D eigenvalue weighted by atomic mass is 9.78. The molecule has 0 spiro atoms. The minimum Gasteiger partial charge on any atom is -0.342 e. The van der Waals surface area contributed by atoms with E-state index in [9.17, 15) is 4.79 Å². The van der Waals surface area contributed by atoms with Crippen LogP contribution in [0.15, 0.2) is 0 Å². The maximum Gasteiger partial charge on any atom is 0.223 e. The Hall–Kier alpha value is -0.570. The zero-order chi connectivity index (χ0) is 11.4. The topological polar surface area (TPSA) is 46.3 Å². The zero-order valence-corrected chi connectivity index (χ0v) is 10.2. The molecule has 0 aromatic carbocycles. The molecule has 1 aliphatic rings. The van der Waals surface area contributed by atoms with Crippen molar-refractivity contribution in [3.63, 3.8) is 0 Å². The van der Waals surface area contributed by atoms with E-state index in [1.165, 1.54) is 19.3 Å². The molecule has 1 saturated carbocycles. The Balaban J connectivity index is 2.62. The molecule has 3 heteroatoms. The van der Waals surface area contributed by atoms with Crippen LogP contribution in [0.25, 0.3) is 0 Å². The molecule has 0 unspecified atom stereocenters. The number of carbonyl (C=O) groups excluding carboxylic acids is 1. The molecule has 1 fully saturated rings. The molecule has 2 N–H and O–H groups in total. The number of nitrogens with two attached hydrogens (primary N) is 1. The molecular formula is C12H24N2O. The lowest BCUT2D eigenvalue weighted by Crippen LogP contribution is -2.47. The smallest absolute Gasteiger partial charge is 0.223 e. The van der Waals surface area contributed by atoms with E-state index < -0.39 is 0 Å². The highest BCUT2D eigenvalue weighted by Gasteiger charge is 2.32. The lowest BCUT2D eigenvalue weighted by Gasteiger charge is -2.40. The van der Waals surface area contributed by atoms with E-state index in [0.29, 0.717) is 30.8 Å². The van der Waals surface area contributed by atoms with E-state index in [4.69, 9.17) is 5.73 Å². The van der Waals surface area contributed by atoms with Gasteiger partial charge in [0, 0.05) is 26.1 Å². The molecule has 0 saturated heterocycles. The Morgan fingerprint density at radius 1 is 1.33 bits per heavy atom. The van der Waals surface area contributed by atoms with Gasteiger partial charge in [0.05, 0.1) is 0 Å². The molecule has 0 radical (unpaired) electrons. The molecule has 15 heavy (non-hydrogen) atoms. The van der Waals surface area contributed by atoms with Gasteiger partial charge in [0.2, 0.25) is 5.91 Å². The van der Waals surface area contributed by atoms with Crippen LogP contribution in [-0.4, -0.2) is 30.4 Å². The van der Waals surface area contributed by atoms with E-state index in [2.05, 4.69) is 13.8 Å². The maximum absolute atomic E-state index is 11.8. The van der Waals surface area contributed by atoms with Crippen LogP contribution in [0.2, 0.25) is 0 Å². The van der Waals surface area contributed by atoms with Crippen molar-refractivity contribution < 1.29 is 4.79 Å². The standard InChI is InChI=1S/C12H24N2O/c1-9-5-4-6-10(2)12(9)14(3)11(15)7-8-13/h9-10,12H,4-8,13H2,1-3H3/t9-,10-/m0/s1. The SMILES string of the molecule is C[C@H]1CCC[C@H](C)C1N(C)C(=O)CCN. The summed E-state index contributed by atoms with van der Waals surface area (Å²) in [4.78, 5) is 13.7. The second-order valence-electron chi connectivity index (χ2n) is 4.92. The van der Waals surface area contributed by atoms with Gasteiger partial charge in [-0.05, 0) is 24.7 Å². The second-order valence-corrected chi connectivity index (χ2v) is 4.92. The number of rotatable bonds is 3. The first kappa shape index (κ1) is 12.5. The largest absolute Gasteiger partial charge is 0.342 e. The van der Waals surface area contributed by atoms with Gasteiger partial charge in [-0.3, -0.25) is 4.79 Å². The van der Waals surface area contributed by atoms with Crippen molar-refractivity contribution in [2.45, 2.75) is 45.6 Å². The Labute approximate surface area is 93.0 Å². The summed E-state index contributed by atoms with van der Waals surface area (Å²) >= 11 is 0. The van der Waals surface area contributed by atoms with Crippen LogP contribution in [0.4, 0.5) is 0 Å². The molecule has 0 aliphatic heterocycles. The number of amides is 1. The molecule has 2 atom stereocenters. The molecular weight excluding hydrogens is 188 g/mol. The van der Waals surface area contributed by atoms with Crippen LogP contribution < -0.4 is 5.73 Å². The third-order valence-electron chi connectivity index (χ3n) is 3.68. The van der Waals surface area contributed by atoms with E-state index >= 15 is 0 Å². The summed E-state index contributed by atoms with van der Waals surface area (Å²) in [5.74, 6) is 1.45. The summed E-state index contributed by atoms with van der Waals surface area (Å²) in [6, 6.07) is 0.415. The fourth-order valence-electron chi connectivity index (χ4n) is 2.89. The van der Waals surface area contributed by atoms with Gasteiger partial charge in [-0.15, -0.1) is 0 Å². The quantitative estimate of drug-likeness (QED) is 0.772. The number of nitrogens with zero attached hydrogens (tertiary/aromatic N) is 1. The Kier molecular flexibility index (Phi) is 4.58. The summed E-state index contributed by atoms with van der Waals surface area (Å²) in [6.07, 6.45) is 4.27.